The lowest BCUT2D eigenvalue weighted by molar-refractivity contribution is 0.714. The molecule has 10 aromatic rings. The van der Waals surface area contributed by atoms with Crippen LogP contribution in [0.3, 0.4) is 0 Å². The third kappa shape index (κ3) is 5.62. The minimum absolute atomic E-state index is 0.310. The highest BCUT2D eigenvalue weighted by atomic mass is 32.1. The molecule has 1 aliphatic rings. The SMILES string of the molecule is CC1(c2cccc(-c3cc(-c4cc(-c5ccccc5)cc(-c5ccc6sc7ccccc7c6c5)c4)nc(-c4ccccc4)n3)c2)c2ccccc2-c2ccccc21. The van der Waals surface area contributed by atoms with E-state index in [-0.39, 0.29) is 5.41 Å². The first-order valence-corrected chi connectivity index (χ1v) is 20.3. The van der Waals surface area contributed by atoms with Crippen LogP contribution < -0.4 is 0 Å². The fourth-order valence-electron chi connectivity index (χ4n) is 8.86. The molecule has 268 valence electrons. The van der Waals surface area contributed by atoms with Gasteiger partial charge in [0.1, 0.15) is 0 Å². The third-order valence-electron chi connectivity index (χ3n) is 11.8. The van der Waals surface area contributed by atoms with Crippen molar-refractivity contribution in [2.24, 2.45) is 0 Å². The van der Waals surface area contributed by atoms with Crippen molar-refractivity contribution < 1.29 is 0 Å². The van der Waals surface area contributed by atoms with Crippen molar-refractivity contribution in [3.8, 4) is 67.3 Å². The molecule has 8 aromatic carbocycles. The van der Waals surface area contributed by atoms with Gasteiger partial charge in [-0.2, -0.15) is 0 Å². The molecule has 0 radical (unpaired) electrons. The standard InChI is InChI=1S/C54H36N2S/c1-54(47-24-11-8-21-43(47)44-22-9-12-25-48(44)54)42-20-14-19-38(32-42)49-34-50(56-53(55-49)36-17-6-3-7-18-36)41-30-39(35-15-4-2-5-16-35)29-40(31-41)37-27-28-52-46(33-37)45-23-10-13-26-51(45)57-52/h2-34H,1H3. The minimum Gasteiger partial charge on any atom is -0.228 e. The molecule has 0 bridgehead atoms. The number of hydrogen-bond donors (Lipinski definition) is 0. The van der Waals surface area contributed by atoms with Gasteiger partial charge in [-0.1, -0.05) is 152 Å². The molecule has 0 spiro atoms. The van der Waals surface area contributed by atoms with Crippen molar-refractivity contribution in [1.82, 2.24) is 9.97 Å². The maximum Gasteiger partial charge on any atom is 0.160 e. The summed E-state index contributed by atoms with van der Waals surface area (Å²) in [6.07, 6.45) is 0. The highest BCUT2D eigenvalue weighted by molar-refractivity contribution is 7.25. The van der Waals surface area contributed by atoms with E-state index in [2.05, 4.69) is 201 Å². The van der Waals surface area contributed by atoms with Gasteiger partial charge in [0.15, 0.2) is 5.82 Å². The molecule has 0 amide bonds. The first kappa shape index (κ1) is 33.4. The Balaban J connectivity index is 1.10. The van der Waals surface area contributed by atoms with E-state index in [1.54, 1.807) is 0 Å². The molecule has 11 rings (SSSR count). The van der Waals surface area contributed by atoms with Gasteiger partial charge in [0, 0.05) is 42.3 Å². The van der Waals surface area contributed by atoms with Crippen LogP contribution in [-0.2, 0) is 5.41 Å². The molecule has 1 aliphatic carbocycles. The van der Waals surface area contributed by atoms with Crippen molar-refractivity contribution >= 4 is 31.5 Å². The summed E-state index contributed by atoms with van der Waals surface area (Å²) < 4.78 is 2.61. The van der Waals surface area contributed by atoms with Crippen molar-refractivity contribution in [3.05, 3.63) is 217 Å². The Kier molecular flexibility index (Phi) is 7.84. The van der Waals surface area contributed by atoms with E-state index in [1.165, 1.54) is 59.1 Å². The summed E-state index contributed by atoms with van der Waals surface area (Å²) in [4.78, 5) is 10.6. The van der Waals surface area contributed by atoms with Gasteiger partial charge in [-0.25, -0.2) is 9.97 Å². The molecule has 0 aliphatic heterocycles. The lowest BCUT2D eigenvalue weighted by Gasteiger charge is -2.28. The van der Waals surface area contributed by atoms with Crippen LogP contribution in [-0.4, -0.2) is 9.97 Å². The number of nitrogens with zero attached hydrogens (tertiary/aromatic N) is 2. The van der Waals surface area contributed by atoms with Gasteiger partial charge >= 0.3 is 0 Å². The summed E-state index contributed by atoms with van der Waals surface area (Å²) in [6.45, 7) is 2.37. The van der Waals surface area contributed by atoms with E-state index in [1.807, 2.05) is 17.4 Å². The summed E-state index contributed by atoms with van der Waals surface area (Å²) in [5.74, 6) is 0.703. The van der Waals surface area contributed by atoms with Crippen molar-refractivity contribution in [3.63, 3.8) is 0 Å². The normalized spacial score (nSPS) is 12.8. The molecule has 0 fully saturated rings. The topological polar surface area (TPSA) is 25.8 Å². The van der Waals surface area contributed by atoms with Crippen LogP contribution in [0, 0.1) is 0 Å². The minimum atomic E-state index is -0.310. The predicted octanol–water partition coefficient (Wildman–Crippen LogP) is 14.5. The van der Waals surface area contributed by atoms with Crippen molar-refractivity contribution in [2.45, 2.75) is 12.3 Å². The number of fused-ring (bicyclic) bond motifs is 6. The average molecular weight is 745 g/mol. The summed E-state index contributed by atoms with van der Waals surface area (Å²) >= 11 is 1.85. The smallest absolute Gasteiger partial charge is 0.160 e. The maximum absolute atomic E-state index is 5.32. The van der Waals surface area contributed by atoms with Crippen LogP contribution in [0.1, 0.15) is 23.6 Å². The third-order valence-corrected chi connectivity index (χ3v) is 12.9. The lowest BCUT2D eigenvalue weighted by atomic mass is 9.74. The Morgan fingerprint density at radius 2 is 0.930 bits per heavy atom. The number of rotatable bonds is 6. The highest BCUT2D eigenvalue weighted by Gasteiger charge is 2.40. The molecule has 2 heterocycles. The van der Waals surface area contributed by atoms with E-state index in [0.717, 1.165) is 39.2 Å². The van der Waals surface area contributed by atoms with Crippen LogP contribution >= 0.6 is 11.3 Å². The molecule has 0 saturated carbocycles. The fourth-order valence-corrected chi connectivity index (χ4v) is 9.94. The molecule has 2 nitrogen and oxygen atoms in total. The fraction of sp³-hybridized carbons (Fsp3) is 0.0370. The van der Waals surface area contributed by atoms with Gasteiger partial charge in [-0.05, 0) is 106 Å². The number of hydrogen-bond acceptors (Lipinski definition) is 3. The molecular formula is C54H36N2S. The monoisotopic (exact) mass is 744 g/mol. The zero-order valence-electron chi connectivity index (χ0n) is 31.4. The summed E-state index contributed by atoms with van der Waals surface area (Å²) in [5, 5.41) is 2.59. The van der Waals surface area contributed by atoms with Gasteiger partial charge in [0.2, 0.25) is 0 Å². The van der Waals surface area contributed by atoms with E-state index in [4.69, 9.17) is 9.97 Å². The Hall–Kier alpha value is -6.94. The summed E-state index contributed by atoms with van der Waals surface area (Å²) in [7, 11) is 0. The van der Waals surface area contributed by atoms with Crippen LogP contribution in [0.2, 0.25) is 0 Å². The summed E-state index contributed by atoms with van der Waals surface area (Å²) in [6, 6.07) is 72.3. The van der Waals surface area contributed by atoms with Crippen LogP contribution in [0.4, 0.5) is 0 Å². The van der Waals surface area contributed by atoms with Gasteiger partial charge < -0.3 is 0 Å². The second-order valence-corrected chi connectivity index (χ2v) is 16.2. The summed E-state index contributed by atoms with van der Waals surface area (Å²) in [5.41, 5.74) is 15.7. The van der Waals surface area contributed by atoms with E-state index in [0.29, 0.717) is 5.82 Å². The first-order chi connectivity index (χ1) is 28.1. The zero-order valence-corrected chi connectivity index (χ0v) is 32.2. The Labute approximate surface area is 336 Å². The Morgan fingerprint density at radius 3 is 1.67 bits per heavy atom. The molecule has 0 N–H and O–H groups in total. The van der Waals surface area contributed by atoms with Crippen LogP contribution in [0.25, 0.3) is 87.5 Å². The molecule has 2 aromatic heterocycles. The van der Waals surface area contributed by atoms with Gasteiger partial charge in [-0.15, -0.1) is 11.3 Å². The second kappa shape index (κ2) is 13.4. The van der Waals surface area contributed by atoms with Gasteiger partial charge in [0.25, 0.3) is 0 Å². The first-order valence-electron chi connectivity index (χ1n) is 19.5. The van der Waals surface area contributed by atoms with Crippen LogP contribution in [0.15, 0.2) is 200 Å². The van der Waals surface area contributed by atoms with E-state index < -0.39 is 0 Å². The number of thiophene rings is 1. The zero-order chi connectivity index (χ0) is 37.9. The molecule has 3 heteroatoms. The van der Waals surface area contributed by atoms with E-state index >= 15 is 0 Å². The molecule has 0 atom stereocenters. The highest BCUT2D eigenvalue weighted by Crippen LogP contribution is 2.52. The molecule has 0 unspecified atom stereocenters. The van der Waals surface area contributed by atoms with E-state index in [9.17, 15) is 0 Å². The Bertz CT molecular complexity index is 3100. The average Bonchev–Trinajstić information content (AvgIpc) is 3.79. The second-order valence-electron chi connectivity index (χ2n) is 15.1. The van der Waals surface area contributed by atoms with Crippen LogP contribution in [0.5, 0.6) is 0 Å². The van der Waals surface area contributed by atoms with Crippen molar-refractivity contribution in [2.75, 3.05) is 0 Å². The Morgan fingerprint density at radius 1 is 0.368 bits per heavy atom. The van der Waals surface area contributed by atoms with Crippen molar-refractivity contribution in [1.29, 1.82) is 0 Å². The number of benzene rings is 8. The number of aromatic nitrogens is 2. The largest absolute Gasteiger partial charge is 0.228 e. The maximum atomic E-state index is 5.32. The predicted molar refractivity (Wildman–Crippen MR) is 240 cm³/mol. The molecule has 57 heavy (non-hydrogen) atoms. The van der Waals surface area contributed by atoms with Gasteiger partial charge in [-0.3, -0.25) is 0 Å². The molecular weight excluding hydrogens is 709 g/mol. The quantitative estimate of drug-likeness (QED) is 0.169. The lowest BCUT2D eigenvalue weighted by Crippen LogP contribution is -2.22. The molecule has 0 saturated heterocycles. The van der Waals surface area contributed by atoms with Gasteiger partial charge in [0.05, 0.1) is 11.4 Å².